The Bertz CT molecular complexity index is 1100. The number of carbonyl (C=O) groups excluding carboxylic acids is 4. The van der Waals surface area contributed by atoms with Crippen LogP contribution in [0.1, 0.15) is 79.2 Å². The molecule has 0 fully saturated rings. The van der Waals surface area contributed by atoms with Gasteiger partial charge in [-0.1, -0.05) is 56.0 Å². The second-order valence-electron chi connectivity index (χ2n) is 13.9. The van der Waals surface area contributed by atoms with E-state index in [0.717, 1.165) is 5.56 Å². The molecule has 0 radical (unpaired) electrons. The van der Waals surface area contributed by atoms with Gasteiger partial charge in [-0.15, -0.1) is 0 Å². The molecule has 0 aliphatic carbocycles. The molecule has 1 aromatic carbocycles. The van der Waals surface area contributed by atoms with Crippen LogP contribution in [0.2, 0.25) is 25.7 Å². The summed E-state index contributed by atoms with van der Waals surface area (Å²) in [5.74, 6) is -3.25. The number of carbonyl (C=O) groups is 5. The fourth-order valence-electron chi connectivity index (χ4n) is 3.94. The van der Waals surface area contributed by atoms with Gasteiger partial charge >= 0.3 is 24.0 Å². The highest BCUT2D eigenvalue weighted by Gasteiger charge is 2.45. The quantitative estimate of drug-likeness (QED) is 0.136. The summed E-state index contributed by atoms with van der Waals surface area (Å²) in [7, 11) is -1.79. The van der Waals surface area contributed by atoms with Crippen LogP contribution in [-0.4, -0.2) is 65.9 Å². The monoisotopic (exact) mass is 622 g/mol. The molecule has 242 valence electrons. The van der Waals surface area contributed by atoms with E-state index in [0.29, 0.717) is 6.04 Å². The highest BCUT2D eigenvalue weighted by Crippen LogP contribution is 2.29. The van der Waals surface area contributed by atoms with Crippen molar-refractivity contribution in [1.82, 2.24) is 10.6 Å². The fraction of sp³-hybridized carbons (Fsp3) is 0.645. The molecule has 0 saturated heterocycles. The van der Waals surface area contributed by atoms with Crippen LogP contribution in [0, 0.1) is 0 Å². The van der Waals surface area contributed by atoms with Crippen molar-refractivity contribution in [2.24, 2.45) is 0 Å². The predicted octanol–water partition coefficient (Wildman–Crippen LogP) is 5.19. The Balaban J connectivity index is 3.36. The molecule has 1 rings (SSSR count). The van der Waals surface area contributed by atoms with Gasteiger partial charge in [-0.05, 0) is 66.4 Å². The minimum Gasteiger partial charge on any atom is -0.481 e. The van der Waals surface area contributed by atoms with Crippen LogP contribution in [0.4, 0.5) is 4.79 Å². The third kappa shape index (κ3) is 16.1. The Kier molecular flexibility index (Phi) is 13.9. The largest absolute Gasteiger partial charge is 0.481 e. The summed E-state index contributed by atoms with van der Waals surface area (Å²) in [4.78, 5) is 64.4. The minimum atomic E-state index is -1.79. The summed E-state index contributed by atoms with van der Waals surface area (Å²) in [6, 6.07) is 8.25. The van der Waals surface area contributed by atoms with Crippen molar-refractivity contribution in [3.63, 3.8) is 0 Å². The molecule has 2 atom stereocenters. The topological polar surface area (TPSA) is 157 Å². The summed E-state index contributed by atoms with van der Waals surface area (Å²) in [5.41, 5.74) is -2.61. The van der Waals surface area contributed by atoms with Gasteiger partial charge in [-0.3, -0.25) is 14.4 Å². The fourth-order valence-corrected chi connectivity index (χ4v) is 5.12. The summed E-state index contributed by atoms with van der Waals surface area (Å²) >= 11 is 0. The maximum absolute atomic E-state index is 13.8. The zero-order valence-electron chi connectivity index (χ0n) is 27.1. The van der Waals surface area contributed by atoms with Gasteiger partial charge < -0.3 is 30.0 Å². The Morgan fingerprint density at radius 1 is 0.860 bits per heavy atom. The average Bonchev–Trinajstić information content (AvgIpc) is 2.84. The van der Waals surface area contributed by atoms with Crippen LogP contribution in [0.5, 0.6) is 0 Å². The van der Waals surface area contributed by atoms with E-state index in [4.69, 9.17) is 14.2 Å². The molecule has 0 unspecified atom stereocenters. The maximum atomic E-state index is 13.8. The molecule has 2 amide bonds. The van der Waals surface area contributed by atoms with Crippen LogP contribution >= 0.6 is 0 Å². The first-order valence-electron chi connectivity index (χ1n) is 14.6. The number of carboxylic acids is 1. The van der Waals surface area contributed by atoms with E-state index >= 15 is 0 Å². The molecule has 3 N–H and O–H groups in total. The molecular formula is C31H50N2O9Si. The molecule has 0 spiro atoms. The predicted molar refractivity (Wildman–Crippen MR) is 165 cm³/mol. The van der Waals surface area contributed by atoms with Crippen LogP contribution in [0.15, 0.2) is 30.3 Å². The summed E-state index contributed by atoms with van der Waals surface area (Å²) in [6.07, 6.45) is -1.74. The first-order valence-corrected chi connectivity index (χ1v) is 18.3. The van der Waals surface area contributed by atoms with E-state index in [1.807, 2.05) is 6.07 Å². The standard InChI is InChI=1S/C31H50N2O9Si/c1-29(2,3)41-25(36)16-15-23(32-28(39)40-21-22-13-11-10-12-14-22)26(37)33-31(18-17-24(34)35,19-20-43(7,8)9)27(38)42-30(4,5)6/h10-14,23H,15-21H2,1-9H3,(H,32,39)(H,33,37)(H,34,35)/t23-,31-/m0/s1. The van der Waals surface area contributed by atoms with Crippen molar-refractivity contribution in [2.75, 3.05) is 0 Å². The van der Waals surface area contributed by atoms with E-state index in [2.05, 4.69) is 30.3 Å². The Morgan fingerprint density at radius 2 is 1.44 bits per heavy atom. The van der Waals surface area contributed by atoms with Crippen molar-refractivity contribution in [2.45, 2.75) is 129 Å². The van der Waals surface area contributed by atoms with Gasteiger partial charge in [0.25, 0.3) is 0 Å². The van der Waals surface area contributed by atoms with E-state index in [1.54, 1.807) is 65.8 Å². The molecule has 11 nitrogen and oxygen atoms in total. The third-order valence-electron chi connectivity index (χ3n) is 6.10. The van der Waals surface area contributed by atoms with E-state index in [1.165, 1.54) is 0 Å². The number of hydrogen-bond acceptors (Lipinski definition) is 8. The van der Waals surface area contributed by atoms with Gasteiger partial charge in [0, 0.05) is 20.9 Å². The van der Waals surface area contributed by atoms with Crippen LogP contribution < -0.4 is 10.6 Å². The van der Waals surface area contributed by atoms with Crippen LogP contribution in [0.25, 0.3) is 0 Å². The molecule has 0 aromatic heterocycles. The van der Waals surface area contributed by atoms with Crippen molar-refractivity contribution in [3.05, 3.63) is 35.9 Å². The number of hydrogen-bond donors (Lipinski definition) is 3. The Hall–Kier alpha value is -3.41. The number of alkyl carbamates (subject to hydrolysis) is 1. The number of nitrogens with one attached hydrogen (secondary N) is 2. The number of carboxylic acid groups (broad SMARTS) is 1. The smallest absolute Gasteiger partial charge is 0.408 e. The van der Waals surface area contributed by atoms with Gasteiger partial charge in [0.15, 0.2) is 0 Å². The second-order valence-corrected chi connectivity index (χ2v) is 19.5. The normalized spacial score (nSPS) is 14.1. The SMILES string of the molecule is CC(C)(C)OC(=O)CC[C@H](NC(=O)OCc1ccccc1)C(=O)N[C@@](CCC(=O)O)(CC[Si](C)(C)C)C(=O)OC(C)(C)C. The van der Waals surface area contributed by atoms with Crippen molar-refractivity contribution in [1.29, 1.82) is 0 Å². The van der Waals surface area contributed by atoms with Crippen LogP contribution in [-0.2, 0) is 40.0 Å². The molecule has 12 heteroatoms. The van der Waals surface area contributed by atoms with Crippen molar-refractivity contribution < 1.29 is 43.3 Å². The molecule has 1 aromatic rings. The molecule has 0 aliphatic rings. The molecule has 0 heterocycles. The summed E-state index contributed by atoms with van der Waals surface area (Å²) in [6.45, 7) is 16.4. The molecule has 0 aliphatic heterocycles. The lowest BCUT2D eigenvalue weighted by Gasteiger charge is -2.37. The van der Waals surface area contributed by atoms with E-state index < -0.39 is 67.2 Å². The number of benzene rings is 1. The third-order valence-corrected chi connectivity index (χ3v) is 7.85. The van der Waals surface area contributed by atoms with Gasteiger partial charge in [-0.2, -0.15) is 0 Å². The van der Waals surface area contributed by atoms with Gasteiger partial charge in [0.05, 0.1) is 0 Å². The molecule has 0 saturated carbocycles. The van der Waals surface area contributed by atoms with Crippen molar-refractivity contribution >= 4 is 38.0 Å². The lowest BCUT2D eigenvalue weighted by atomic mass is 9.89. The highest BCUT2D eigenvalue weighted by atomic mass is 28.3. The summed E-state index contributed by atoms with van der Waals surface area (Å²) < 4.78 is 16.4. The van der Waals surface area contributed by atoms with Gasteiger partial charge in [0.1, 0.15) is 29.4 Å². The summed E-state index contributed by atoms with van der Waals surface area (Å²) in [5, 5.41) is 14.8. The Morgan fingerprint density at radius 3 is 1.95 bits per heavy atom. The number of rotatable bonds is 15. The Labute approximate surface area is 256 Å². The van der Waals surface area contributed by atoms with E-state index in [9.17, 15) is 29.1 Å². The number of esters is 2. The average molecular weight is 623 g/mol. The number of ether oxygens (including phenoxy) is 3. The maximum Gasteiger partial charge on any atom is 0.408 e. The number of aliphatic carboxylic acids is 1. The first-order chi connectivity index (χ1) is 19.6. The molecular weight excluding hydrogens is 572 g/mol. The molecule has 0 bridgehead atoms. The number of amides is 2. The zero-order chi connectivity index (χ0) is 33.1. The lowest BCUT2D eigenvalue weighted by molar-refractivity contribution is -0.166. The van der Waals surface area contributed by atoms with Gasteiger partial charge in [0.2, 0.25) is 5.91 Å². The highest BCUT2D eigenvalue weighted by molar-refractivity contribution is 6.76. The van der Waals surface area contributed by atoms with Crippen molar-refractivity contribution in [3.8, 4) is 0 Å². The second kappa shape index (κ2) is 15.9. The minimum absolute atomic E-state index is 0.0518. The van der Waals surface area contributed by atoms with Crippen LogP contribution in [0.3, 0.4) is 0 Å². The lowest BCUT2D eigenvalue weighted by Crippen LogP contribution is -2.61. The van der Waals surface area contributed by atoms with E-state index in [-0.39, 0.29) is 32.3 Å². The zero-order valence-corrected chi connectivity index (χ0v) is 28.1. The first kappa shape index (κ1) is 37.6. The molecule has 43 heavy (non-hydrogen) atoms. The van der Waals surface area contributed by atoms with Gasteiger partial charge in [-0.25, -0.2) is 9.59 Å².